The van der Waals surface area contributed by atoms with Crippen LogP contribution in [0.3, 0.4) is 0 Å². The molecule has 0 aromatic heterocycles. The van der Waals surface area contributed by atoms with Gasteiger partial charge in [-0.05, 0) is 11.8 Å². The van der Waals surface area contributed by atoms with Gasteiger partial charge >= 0.3 is 10.2 Å². The molecule has 90 valence electrons. The Bertz CT molecular complexity index is 125. The first-order valence-corrected chi connectivity index (χ1v) is 7.57. The fraction of sp³-hybridized carbons (Fsp3) is 1.00. The van der Waals surface area contributed by atoms with Crippen molar-refractivity contribution in [2.75, 3.05) is 0 Å². The molecule has 2 aliphatic carbocycles. The molecule has 0 atom stereocenters. The lowest BCUT2D eigenvalue weighted by atomic mass is 9.73. The predicted octanol–water partition coefficient (Wildman–Crippen LogP) is 4.07. The second-order valence-electron chi connectivity index (χ2n) is 4.90. The van der Waals surface area contributed by atoms with Gasteiger partial charge in [0.15, 0.2) is 0 Å². The first-order valence-electron chi connectivity index (χ1n) is 6.50. The highest BCUT2D eigenvalue weighted by atomic mass is 28.3. The summed E-state index contributed by atoms with van der Waals surface area (Å²) < 4.78 is 19.5. The van der Waals surface area contributed by atoms with Crippen molar-refractivity contribution >= 4 is 10.2 Å². The average molecular weight is 234 g/mol. The first-order chi connectivity index (χ1) is 7.38. The summed E-state index contributed by atoms with van der Waals surface area (Å²) in [6.07, 6.45) is 15.4. The first kappa shape index (κ1) is 13.1. The van der Waals surface area contributed by atoms with Crippen LogP contribution in [0.1, 0.15) is 64.2 Å². The van der Waals surface area contributed by atoms with Crippen molar-refractivity contribution in [1.29, 1.82) is 0 Å². The fourth-order valence-electron chi connectivity index (χ4n) is 3.21. The van der Waals surface area contributed by atoms with E-state index >= 15 is 0 Å². The van der Waals surface area contributed by atoms with Crippen molar-refractivity contribution in [2.24, 2.45) is 11.8 Å². The van der Waals surface area contributed by atoms with Crippen molar-refractivity contribution in [3.05, 3.63) is 0 Å². The molecule has 0 radical (unpaired) electrons. The van der Waals surface area contributed by atoms with Crippen molar-refractivity contribution in [3.8, 4) is 0 Å². The molecule has 2 rings (SSSR count). The average Bonchev–Trinajstić information content (AvgIpc) is 2.32. The maximum atomic E-state index is 9.76. The van der Waals surface area contributed by atoms with Gasteiger partial charge in [-0.2, -0.15) is 0 Å². The summed E-state index contributed by atoms with van der Waals surface area (Å²) in [5.74, 6) is 2.28. The van der Waals surface area contributed by atoms with Crippen LogP contribution in [0, 0.1) is 11.8 Å². The van der Waals surface area contributed by atoms with Crippen LogP contribution < -0.4 is 0 Å². The molecule has 3 heteroatoms. The molecule has 0 saturated heterocycles. The topological polar surface area (TPSA) is 0 Å². The Morgan fingerprint density at radius 3 is 1.13 bits per heavy atom. The molecule has 2 fully saturated rings. The van der Waals surface area contributed by atoms with Crippen molar-refractivity contribution in [2.45, 2.75) is 64.2 Å². The fourth-order valence-corrected chi connectivity index (χ4v) is 3.21. The molecule has 0 heterocycles. The minimum atomic E-state index is -2.58. The molecule has 0 aromatic rings. The Kier molecular flexibility index (Phi) is 7.23. The van der Waals surface area contributed by atoms with Crippen molar-refractivity contribution in [1.82, 2.24) is 0 Å². The SMILES string of the molecule is C1CCC(C2CCCCC2)CC1.F[SiH2]F. The van der Waals surface area contributed by atoms with Crippen LogP contribution in [0.5, 0.6) is 0 Å². The maximum absolute atomic E-state index is 9.76. The number of hydrogen-bond donors (Lipinski definition) is 0. The Morgan fingerprint density at radius 2 is 0.867 bits per heavy atom. The number of halogens is 2. The van der Waals surface area contributed by atoms with Crippen molar-refractivity contribution in [3.63, 3.8) is 0 Å². The standard InChI is InChI=1S/C12H22.F2H2Si/c1-3-7-11(8-4-1)12-9-5-2-6-10-12;1-3-2/h11-12H,1-10H2;3H2. The van der Waals surface area contributed by atoms with E-state index in [2.05, 4.69) is 0 Å². The summed E-state index contributed by atoms with van der Waals surface area (Å²) in [5, 5.41) is 0. The molecule has 0 spiro atoms. The predicted molar refractivity (Wildman–Crippen MR) is 63.9 cm³/mol. The van der Waals surface area contributed by atoms with E-state index in [1.807, 2.05) is 0 Å². The lowest BCUT2D eigenvalue weighted by molar-refractivity contribution is 0.196. The number of hydrogen-bond acceptors (Lipinski definition) is 0. The van der Waals surface area contributed by atoms with Crippen LogP contribution in [-0.2, 0) is 0 Å². The summed E-state index contributed by atoms with van der Waals surface area (Å²) in [5.41, 5.74) is 0. The van der Waals surface area contributed by atoms with Crippen LogP contribution in [0.2, 0.25) is 0 Å². The highest BCUT2D eigenvalue weighted by Gasteiger charge is 2.24. The van der Waals surface area contributed by atoms with Gasteiger partial charge in [-0.3, -0.25) is 8.22 Å². The molecular formula is C12H24F2Si. The van der Waals surface area contributed by atoms with Gasteiger partial charge < -0.3 is 0 Å². The summed E-state index contributed by atoms with van der Waals surface area (Å²) in [4.78, 5) is 0. The largest absolute Gasteiger partial charge is 0.397 e. The van der Waals surface area contributed by atoms with Crippen LogP contribution in [0.4, 0.5) is 8.22 Å². The molecule has 2 aliphatic rings. The summed E-state index contributed by atoms with van der Waals surface area (Å²) >= 11 is 0. The zero-order valence-corrected chi connectivity index (χ0v) is 11.1. The molecule has 0 N–H and O–H groups in total. The van der Waals surface area contributed by atoms with E-state index in [1.165, 1.54) is 38.5 Å². The van der Waals surface area contributed by atoms with Crippen LogP contribution >= 0.6 is 0 Å². The summed E-state index contributed by atoms with van der Waals surface area (Å²) in [7, 11) is -2.58. The third-order valence-corrected chi connectivity index (χ3v) is 3.97. The van der Waals surface area contributed by atoms with Gasteiger partial charge in [-0.1, -0.05) is 64.2 Å². The third kappa shape index (κ3) is 5.09. The van der Waals surface area contributed by atoms with E-state index in [1.54, 1.807) is 25.7 Å². The van der Waals surface area contributed by atoms with Gasteiger partial charge in [0.1, 0.15) is 0 Å². The minimum Gasteiger partial charge on any atom is -0.279 e. The monoisotopic (exact) mass is 234 g/mol. The van der Waals surface area contributed by atoms with Crippen LogP contribution in [0.15, 0.2) is 0 Å². The smallest absolute Gasteiger partial charge is 0.279 e. The second-order valence-corrected chi connectivity index (χ2v) is 5.10. The normalized spacial score (nSPS) is 24.4. The molecule has 0 unspecified atom stereocenters. The van der Waals surface area contributed by atoms with Gasteiger partial charge in [0.2, 0.25) is 0 Å². The van der Waals surface area contributed by atoms with Crippen LogP contribution in [-0.4, -0.2) is 10.2 Å². The van der Waals surface area contributed by atoms with Gasteiger partial charge in [-0.25, -0.2) is 0 Å². The Labute approximate surface area is 95.0 Å². The van der Waals surface area contributed by atoms with Gasteiger partial charge in [0.25, 0.3) is 0 Å². The van der Waals surface area contributed by atoms with Gasteiger partial charge in [0.05, 0.1) is 0 Å². The summed E-state index contributed by atoms with van der Waals surface area (Å²) in [6, 6.07) is 0. The highest BCUT2D eigenvalue weighted by molar-refractivity contribution is 6.15. The molecule has 15 heavy (non-hydrogen) atoms. The molecule has 0 bridgehead atoms. The Morgan fingerprint density at radius 1 is 0.600 bits per heavy atom. The second kappa shape index (κ2) is 8.25. The van der Waals surface area contributed by atoms with E-state index in [9.17, 15) is 8.22 Å². The zero-order chi connectivity index (χ0) is 10.9. The molecule has 2 saturated carbocycles. The maximum Gasteiger partial charge on any atom is 0.397 e. The van der Waals surface area contributed by atoms with Crippen LogP contribution in [0.25, 0.3) is 0 Å². The molecule has 0 nitrogen and oxygen atoms in total. The Balaban J connectivity index is 0.000000337. The van der Waals surface area contributed by atoms with Gasteiger partial charge in [-0.15, -0.1) is 0 Å². The molecule has 0 aromatic carbocycles. The lowest BCUT2D eigenvalue weighted by Gasteiger charge is -2.32. The Hall–Kier alpha value is 0.0769. The lowest BCUT2D eigenvalue weighted by Crippen LogP contribution is -2.20. The van der Waals surface area contributed by atoms with E-state index in [4.69, 9.17) is 0 Å². The minimum absolute atomic E-state index is 1.14. The van der Waals surface area contributed by atoms with E-state index in [0.29, 0.717) is 0 Å². The third-order valence-electron chi connectivity index (χ3n) is 3.97. The zero-order valence-electron chi connectivity index (χ0n) is 9.69. The van der Waals surface area contributed by atoms with E-state index in [0.717, 1.165) is 11.8 Å². The molecular weight excluding hydrogens is 210 g/mol. The summed E-state index contributed by atoms with van der Waals surface area (Å²) in [6.45, 7) is 0. The van der Waals surface area contributed by atoms with E-state index < -0.39 is 10.2 Å². The highest BCUT2D eigenvalue weighted by Crippen LogP contribution is 2.37. The molecule has 0 amide bonds. The number of rotatable bonds is 1. The van der Waals surface area contributed by atoms with E-state index in [-0.39, 0.29) is 0 Å². The quantitative estimate of drug-likeness (QED) is 0.474. The van der Waals surface area contributed by atoms with Gasteiger partial charge in [0, 0.05) is 0 Å². The molecule has 0 aliphatic heterocycles. The van der Waals surface area contributed by atoms with Crippen molar-refractivity contribution < 1.29 is 8.22 Å².